The number of carbonyl (C=O) groups is 4. The average molecular weight is 780 g/mol. The number of nitrogens with one attached hydrogen (secondary N) is 3. The van der Waals surface area contributed by atoms with Gasteiger partial charge in [-0.3, -0.25) is 33.5 Å². The summed E-state index contributed by atoms with van der Waals surface area (Å²) in [4.78, 5) is 78.5. The lowest BCUT2D eigenvalue weighted by Gasteiger charge is -2.35. The molecule has 18 heteroatoms. The number of carbonyl (C=O) groups excluding carboxylic acids is 4. The van der Waals surface area contributed by atoms with Crippen molar-refractivity contribution in [2.45, 2.75) is 158 Å². The van der Waals surface area contributed by atoms with E-state index < -0.39 is 95.9 Å². The fourth-order valence-corrected chi connectivity index (χ4v) is 6.94. The zero-order valence-corrected chi connectivity index (χ0v) is 31.7. The SMILES string of the molecule is CCCCCCCCCCCCCC(=O)O[C@@H]1[C@H](OC)[C@@H]([C@@H](O[C@H]2OC(C(=O)N[C@H]3CCCCNC3=O)=C[C@H](O)[C@@H]2O)C(N)=O)O[C@H]1n1ccc(=O)[nH]c1=O. The summed E-state index contributed by atoms with van der Waals surface area (Å²) in [6.07, 6.45) is 2.93. The molecule has 3 aliphatic rings. The number of aromatic amines is 1. The number of esters is 1. The lowest BCUT2D eigenvalue weighted by atomic mass is 10.0. The number of rotatable bonds is 21. The Morgan fingerprint density at radius 2 is 1.67 bits per heavy atom. The van der Waals surface area contributed by atoms with Gasteiger partial charge in [0.25, 0.3) is 11.5 Å². The highest BCUT2D eigenvalue weighted by Crippen LogP contribution is 2.36. The summed E-state index contributed by atoms with van der Waals surface area (Å²) in [6, 6.07) is 0.176. The van der Waals surface area contributed by atoms with Crippen LogP contribution < -0.4 is 27.6 Å². The summed E-state index contributed by atoms with van der Waals surface area (Å²) < 4.78 is 29.9. The van der Waals surface area contributed by atoms with E-state index in [2.05, 4.69) is 22.5 Å². The Hall–Kier alpha value is -4.10. The molecule has 1 aromatic heterocycles. The first-order valence-electron chi connectivity index (χ1n) is 19.4. The van der Waals surface area contributed by atoms with Crippen molar-refractivity contribution in [3.63, 3.8) is 0 Å². The van der Waals surface area contributed by atoms with Crippen molar-refractivity contribution in [1.82, 2.24) is 20.2 Å². The van der Waals surface area contributed by atoms with Crippen LogP contribution in [0.1, 0.15) is 109 Å². The Labute approximate surface area is 319 Å². The van der Waals surface area contributed by atoms with E-state index in [9.17, 15) is 39.0 Å². The van der Waals surface area contributed by atoms with Crippen LogP contribution in [0.15, 0.2) is 33.7 Å². The van der Waals surface area contributed by atoms with Crippen molar-refractivity contribution in [3.05, 3.63) is 44.9 Å². The number of nitrogens with two attached hydrogens (primary N) is 1. The quantitative estimate of drug-likeness (QED) is 0.0742. The lowest BCUT2D eigenvalue weighted by Crippen LogP contribution is -2.54. The first-order valence-corrected chi connectivity index (χ1v) is 19.4. The fourth-order valence-electron chi connectivity index (χ4n) is 6.94. The van der Waals surface area contributed by atoms with E-state index in [0.717, 1.165) is 55.0 Å². The maximum Gasteiger partial charge on any atom is 0.330 e. The minimum atomic E-state index is -1.88. The normalized spacial score (nSPS) is 27.3. The van der Waals surface area contributed by atoms with Gasteiger partial charge in [-0.05, 0) is 31.8 Å². The van der Waals surface area contributed by atoms with Gasteiger partial charge in [0, 0.05) is 32.3 Å². The predicted octanol–water partition coefficient (Wildman–Crippen LogP) is 0.679. The number of unbranched alkanes of at least 4 members (excludes halogenated alkanes) is 10. The molecule has 0 spiro atoms. The summed E-state index contributed by atoms with van der Waals surface area (Å²) in [5.74, 6) is -3.55. The zero-order chi connectivity index (χ0) is 39.9. The predicted molar refractivity (Wildman–Crippen MR) is 195 cm³/mol. The Morgan fingerprint density at radius 3 is 2.31 bits per heavy atom. The Morgan fingerprint density at radius 1 is 1.00 bits per heavy atom. The van der Waals surface area contributed by atoms with Crippen LogP contribution in [-0.4, -0.2) is 106 Å². The second-order valence-electron chi connectivity index (χ2n) is 14.2. The molecule has 0 unspecified atom stereocenters. The van der Waals surface area contributed by atoms with Crippen LogP contribution >= 0.6 is 0 Å². The molecule has 0 bridgehead atoms. The molecule has 0 aliphatic carbocycles. The maximum absolute atomic E-state index is 13.2. The van der Waals surface area contributed by atoms with Crippen LogP contribution in [0.5, 0.6) is 0 Å². The van der Waals surface area contributed by atoms with Gasteiger partial charge in [-0.1, -0.05) is 71.1 Å². The van der Waals surface area contributed by atoms with Crippen LogP contribution in [0.25, 0.3) is 0 Å². The number of primary amides is 1. The summed E-state index contributed by atoms with van der Waals surface area (Å²) in [5, 5.41) is 26.6. The highest BCUT2D eigenvalue weighted by molar-refractivity contribution is 5.95. The van der Waals surface area contributed by atoms with Crippen LogP contribution in [0, 0.1) is 0 Å². The van der Waals surface area contributed by atoms with E-state index in [1.165, 1.54) is 45.6 Å². The van der Waals surface area contributed by atoms with Crippen LogP contribution in [0.3, 0.4) is 0 Å². The fraction of sp³-hybridized carbons (Fsp3) is 0.730. The molecule has 0 aromatic carbocycles. The van der Waals surface area contributed by atoms with Crippen molar-refractivity contribution in [3.8, 4) is 0 Å². The summed E-state index contributed by atoms with van der Waals surface area (Å²) >= 11 is 0. The number of methoxy groups -OCH3 is 1. The molecule has 308 valence electrons. The van der Waals surface area contributed by atoms with Gasteiger partial charge in [-0.2, -0.15) is 0 Å². The van der Waals surface area contributed by atoms with E-state index in [1.807, 2.05) is 0 Å². The average Bonchev–Trinajstić information content (AvgIpc) is 3.36. The molecule has 2 saturated heterocycles. The first kappa shape index (κ1) is 43.6. The van der Waals surface area contributed by atoms with E-state index in [0.29, 0.717) is 25.8 Å². The standard InChI is InChI=1S/C37H57N5O13/c1-3-4-5-6-7-8-9-10-11-12-13-17-26(45)53-31-28(51-2)29(54-35(31)42-20-18-25(44)41-37(42)50)30(32(38)47)55-36-27(46)23(43)21-24(52-36)34(49)40-22-16-14-15-19-39-33(22)48/h18,20-23,27-31,35-36,43,46H,3-17,19H2,1-2H3,(H2,38,47)(H,39,48)(H,40,49)(H,41,44,50)/t22-,23-,27-,28+,29-,30+,31+,35+,36+/m0/s1. The molecule has 18 nitrogen and oxygen atoms in total. The molecule has 0 radical (unpaired) electrons. The van der Waals surface area contributed by atoms with E-state index in [4.69, 9.17) is 29.4 Å². The highest BCUT2D eigenvalue weighted by Gasteiger charge is 2.54. The smallest absolute Gasteiger partial charge is 0.330 e. The van der Waals surface area contributed by atoms with Crippen LogP contribution in [0.4, 0.5) is 0 Å². The summed E-state index contributed by atoms with van der Waals surface area (Å²) in [7, 11) is 1.24. The van der Waals surface area contributed by atoms with Gasteiger partial charge in [-0.15, -0.1) is 0 Å². The van der Waals surface area contributed by atoms with E-state index in [1.54, 1.807) is 0 Å². The molecule has 4 rings (SSSR count). The van der Waals surface area contributed by atoms with Gasteiger partial charge in [-0.25, -0.2) is 4.79 Å². The van der Waals surface area contributed by atoms with Crippen molar-refractivity contribution >= 4 is 23.7 Å². The minimum absolute atomic E-state index is 0.0529. The third kappa shape index (κ3) is 12.4. The maximum atomic E-state index is 13.2. The third-order valence-electron chi connectivity index (χ3n) is 9.99. The number of aromatic nitrogens is 2. The molecule has 4 heterocycles. The minimum Gasteiger partial charge on any atom is -0.456 e. The first-order chi connectivity index (χ1) is 26.4. The number of H-pyrrole nitrogens is 1. The topological polar surface area (TPSA) is 260 Å². The number of hydrogen-bond acceptors (Lipinski definition) is 13. The van der Waals surface area contributed by atoms with E-state index >= 15 is 0 Å². The summed E-state index contributed by atoms with van der Waals surface area (Å²) in [5.41, 5.74) is 4.14. The molecule has 9 atom stereocenters. The highest BCUT2D eigenvalue weighted by atomic mass is 16.7. The van der Waals surface area contributed by atoms with Crippen molar-refractivity contribution in [2.24, 2.45) is 5.73 Å². The molecule has 1 aromatic rings. The Balaban J connectivity index is 1.44. The number of hydrogen-bond donors (Lipinski definition) is 6. The van der Waals surface area contributed by atoms with Crippen LogP contribution in [0.2, 0.25) is 0 Å². The number of nitrogens with zero attached hydrogens (tertiary/aromatic N) is 1. The number of aliphatic hydroxyl groups is 2. The van der Waals surface area contributed by atoms with Gasteiger partial charge in [0.1, 0.15) is 30.5 Å². The second kappa shape index (κ2) is 21.8. The van der Waals surface area contributed by atoms with Crippen LogP contribution in [-0.2, 0) is 42.9 Å². The Bertz CT molecular complexity index is 1580. The number of aliphatic hydroxyl groups excluding tert-OH is 2. The molecule has 55 heavy (non-hydrogen) atoms. The van der Waals surface area contributed by atoms with Crippen molar-refractivity contribution in [1.29, 1.82) is 0 Å². The van der Waals surface area contributed by atoms with Gasteiger partial charge >= 0.3 is 11.7 Å². The molecule has 3 amide bonds. The lowest BCUT2D eigenvalue weighted by molar-refractivity contribution is -0.241. The largest absolute Gasteiger partial charge is 0.456 e. The van der Waals surface area contributed by atoms with Crippen molar-refractivity contribution < 1.29 is 53.1 Å². The molecule has 3 aliphatic heterocycles. The molecule has 7 N–H and O–H groups in total. The number of ether oxygens (including phenoxy) is 5. The monoisotopic (exact) mass is 779 g/mol. The van der Waals surface area contributed by atoms with Gasteiger partial charge in [0.2, 0.25) is 18.1 Å². The van der Waals surface area contributed by atoms with Gasteiger partial charge < -0.3 is 50.3 Å². The molecule has 2 fully saturated rings. The van der Waals surface area contributed by atoms with Gasteiger partial charge in [0.05, 0.1) is 0 Å². The molecular weight excluding hydrogens is 722 g/mol. The zero-order valence-electron chi connectivity index (χ0n) is 31.7. The molecular formula is C37H57N5O13. The molecule has 0 saturated carbocycles. The second-order valence-corrected chi connectivity index (χ2v) is 14.2. The number of amides is 3. The summed E-state index contributed by atoms with van der Waals surface area (Å²) in [6.45, 7) is 2.66. The van der Waals surface area contributed by atoms with Gasteiger partial charge in [0.15, 0.2) is 24.2 Å². The van der Waals surface area contributed by atoms with E-state index in [-0.39, 0.29) is 6.42 Å². The Kier molecular flexibility index (Phi) is 17.3. The third-order valence-corrected chi connectivity index (χ3v) is 9.99. The van der Waals surface area contributed by atoms with Crippen molar-refractivity contribution in [2.75, 3.05) is 13.7 Å².